The first-order chi connectivity index (χ1) is 13.7. The molecule has 0 saturated heterocycles. The molecule has 7 heteroatoms. The Morgan fingerprint density at radius 3 is 2.59 bits per heavy atom. The zero-order valence-corrected chi connectivity index (χ0v) is 19.0. The first-order valence-electron chi connectivity index (χ1n) is 9.49. The molecular weight excluding hydrogens is 404 g/mol. The lowest BCUT2D eigenvalue weighted by Gasteiger charge is -2.19. The van der Waals surface area contributed by atoms with Gasteiger partial charge in [0.2, 0.25) is 0 Å². The normalized spacial score (nSPS) is 15.0. The van der Waals surface area contributed by atoms with E-state index >= 15 is 0 Å². The first kappa shape index (κ1) is 21.6. The van der Waals surface area contributed by atoms with Crippen LogP contribution in [-0.4, -0.2) is 28.1 Å². The van der Waals surface area contributed by atoms with Gasteiger partial charge in [0, 0.05) is 29.8 Å². The summed E-state index contributed by atoms with van der Waals surface area (Å²) in [7, 11) is 1.65. The predicted octanol–water partition coefficient (Wildman–Crippen LogP) is 6.24. The number of para-hydroxylation sites is 1. The van der Waals surface area contributed by atoms with E-state index < -0.39 is 6.09 Å². The maximum atomic E-state index is 12.6. The summed E-state index contributed by atoms with van der Waals surface area (Å²) in [6, 6.07) is 15.7. The second-order valence-electron chi connectivity index (χ2n) is 7.73. The summed E-state index contributed by atoms with van der Waals surface area (Å²) < 4.78 is 17.5. The van der Waals surface area contributed by atoms with Crippen molar-refractivity contribution in [1.29, 1.82) is 0 Å². The minimum atomic E-state index is -0.492. The highest BCUT2D eigenvalue weighted by atomic mass is 32.2. The number of benzene rings is 2. The van der Waals surface area contributed by atoms with E-state index in [2.05, 4.69) is 18.2 Å². The van der Waals surface area contributed by atoms with Crippen molar-refractivity contribution in [2.24, 2.45) is 10.3 Å². The number of amides is 1. The Balaban J connectivity index is 1.65. The van der Waals surface area contributed by atoms with E-state index in [0.29, 0.717) is 11.5 Å². The number of rotatable bonds is 5. The SMILES string of the molecule is CC(C)C(=NSN(C)C(=O)Oc1cccc2c1OC(C)(C)C2)Sc1ccccc1. The van der Waals surface area contributed by atoms with Crippen molar-refractivity contribution in [1.82, 2.24) is 4.31 Å². The lowest BCUT2D eigenvalue weighted by Crippen LogP contribution is -2.25. The number of hydrogen-bond acceptors (Lipinski definition) is 6. The molecule has 0 radical (unpaired) electrons. The van der Waals surface area contributed by atoms with Crippen LogP contribution in [0.15, 0.2) is 57.8 Å². The Morgan fingerprint density at radius 2 is 1.90 bits per heavy atom. The minimum absolute atomic E-state index is 0.241. The third kappa shape index (κ3) is 5.70. The van der Waals surface area contributed by atoms with Gasteiger partial charge in [-0.1, -0.05) is 55.9 Å². The van der Waals surface area contributed by atoms with Crippen molar-refractivity contribution in [2.75, 3.05) is 7.05 Å². The molecule has 0 aromatic heterocycles. The summed E-state index contributed by atoms with van der Waals surface area (Å²) >= 11 is 2.68. The number of thioether (sulfide) groups is 1. The van der Waals surface area contributed by atoms with Gasteiger partial charge in [-0.25, -0.2) is 9.10 Å². The van der Waals surface area contributed by atoms with Crippen molar-refractivity contribution in [2.45, 2.75) is 44.6 Å². The maximum absolute atomic E-state index is 12.6. The van der Waals surface area contributed by atoms with Crippen LogP contribution in [0.2, 0.25) is 0 Å². The molecule has 0 fully saturated rings. The highest BCUT2D eigenvalue weighted by molar-refractivity contribution is 8.14. The van der Waals surface area contributed by atoms with E-state index in [9.17, 15) is 4.79 Å². The zero-order valence-electron chi connectivity index (χ0n) is 17.3. The summed E-state index contributed by atoms with van der Waals surface area (Å²) in [6.07, 6.45) is 0.296. The van der Waals surface area contributed by atoms with Crippen LogP contribution >= 0.6 is 23.9 Å². The van der Waals surface area contributed by atoms with E-state index in [4.69, 9.17) is 9.47 Å². The molecular formula is C22H26N2O3S2. The Bertz CT molecular complexity index is 898. The van der Waals surface area contributed by atoms with Crippen LogP contribution in [0, 0.1) is 5.92 Å². The van der Waals surface area contributed by atoms with E-state index in [1.807, 2.05) is 56.3 Å². The molecule has 0 atom stereocenters. The predicted molar refractivity (Wildman–Crippen MR) is 121 cm³/mol. The third-order valence-corrected chi connectivity index (χ3v) is 6.29. The largest absolute Gasteiger partial charge is 0.483 e. The fourth-order valence-corrected chi connectivity index (χ4v) is 4.35. The highest BCUT2D eigenvalue weighted by Crippen LogP contribution is 2.42. The lowest BCUT2D eigenvalue weighted by molar-refractivity contribution is 0.132. The fraction of sp³-hybridized carbons (Fsp3) is 0.364. The summed E-state index contributed by atoms with van der Waals surface area (Å²) in [5.41, 5.74) is 0.756. The molecule has 2 aromatic carbocycles. The van der Waals surface area contributed by atoms with Crippen LogP contribution in [0.1, 0.15) is 33.3 Å². The molecule has 0 unspecified atom stereocenters. The lowest BCUT2D eigenvalue weighted by atomic mass is 10.0. The van der Waals surface area contributed by atoms with Crippen LogP contribution in [0.25, 0.3) is 0 Å². The number of hydrogen-bond donors (Lipinski definition) is 0. The molecule has 29 heavy (non-hydrogen) atoms. The van der Waals surface area contributed by atoms with Gasteiger partial charge in [0.25, 0.3) is 0 Å². The van der Waals surface area contributed by atoms with E-state index in [-0.39, 0.29) is 11.5 Å². The van der Waals surface area contributed by atoms with E-state index in [0.717, 1.165) is 34.1 Å². The second kappa shape index (κ2) is 9.13. The third-order valence-electron chi connectivity index (χ3n) is 4.22. The van der Waals surface area contributed by atoms with Gasteiger partial charge < -0.3 is 9.47 Å². The Labute approximate surface area is 181 Å². The number of carbonyl (C=O) groups is 1. The van der Waals surface area contributed by atoms with Gasteiger partial charge in [0.05, 0.1) is 17.2 Å². The first-order valence-corrected chi connectivity index (χ1v) is 11.0. The van der Waals surface area contributed by atoms with Crippen LogP contribution < -0.4 is 9.47 Å². The zero-order chi connectivity index (χ0) is 21.0. The number of nitrogens with zero attached hydrogens (tertiary/aromatic N) is 2. The van der Waals surface area contributed by atoms with Crippen LogP contribution in [-0.2, 0) is 6.42 Å². The molecule has 0 N–H and O–H groups in total. The standard InChI is InChI=1S/C22H26N2O3S2/c1-15(2)20(28-17-11-7-6-8-12-17)23-29-24(5)21(25)26-18-13-9-10-16-14-22(3,4)27-19(16)18/h6-13,15H,14H2,1-5H3. The molecule has 1 amide bonds. The average molecular weight is 431 g/mol. The summed E-state index contributed by atoms with van der Waals surface area (Å²) in [5.74, 6) is 1.33. The van der Waals surface area contributed by atoms with Crippen LogP contribution in [0.3, 0.4) is 0 Å². The Hall–Kier alpha value is -2.12. The second-order valence-corrected chi connectivity index (χ2v) is 9.72. The van der Waals surface area contributed by atoms with Gasteiger partial charge in [-0.15, -0.1) is 0 Å². The molecule has 0 aliphatic carbocycles. The van der Waals surface area contributed by atoms with Gasteiger partial charge in [0.1, 0.15) is 5.60 Å². The van der Waals surface area contributed by atoms with E-state index in [1.54, 1.807) is 24.9 Å². The molecule has 5 nitrogen and oxygen atoms in total. The van der Waals surface area contributed by atoms with Crippen molar-refractivity contribution < 1.29 is 14.3 Å². The summed E-state index contributed by atoms with van der Waals surface area (Å²) in [6.45, 7) is 8.21. The Morgan fingerprint density at radius 1 is 1.17 bits per heavy atom. The smallest absolute Gasteiger partial charge is 0.426 e. The molecule has 2 aromatic rings. The fourth-order valence-electron chi connectivity index (χ4n) is 2.81. The topological polar surface area (TPSA) is 51.1 Å². The summed E-state index contributed by atoms with van der Waals surface area (Å²) in [5, 5.41) is 0.937. The van der Waals surface area contributed by atoms with Crippen molar-refractivity contribution in [3.8, 4) is 11.5 Å². The average Bonchev–Trinajstić information content (AvgIpc) is 3.00. The maximum Gasteiger partial charge on any atom is 0.426 e. The van der Waals surface area contributed by atoms with Crippen LogP contribution in [0.5, 0.6) is 11.5 Å². The molecule has 0 saturated carbocycles. The molecule has 0 bridgehead atoms. The number of carbonyl (C=O) groups excluding carboxylic acids is 1. The van der Waals surface area contributed by atoms with Crippen LogP contribution in [0.4, 0.5) is 4.79 Å². The van der Waals surface area contributed by atoms with E-state index in [1.165, 1.54) is 4.31 Å². The van der Waals surface area contributed by atoms with Gasteiger partial charge >= 0.3 is 6.09 Å². The molecule has 1 heterocycles. The quantitative estimate of drug-likeness (QED) is 0.243. The van der Waals surface area contributed by atoms with Crippen molar-refractivity contribution >= 4 is 35.0 Å². The minimum Gasteiger partial charge on any atom is -0.483 e. The van der Waals surface area contributed by atoms with Gasteiger partial charge in [-0.2, -0.15) is 4.40 Å². The van der Waals surface area contributed by atoms with Crippen molar-refractivity contribution in [3.05, 3.63) is 54.1 Å². The highest BCUT2D eigenvalue weighted by Gasteiger charge is 2.33. The van der Waals surface area contributed by atoms with Gasteiger partial charge in [-0.05, 0) is 32.0 Å². The molecule has 154 valence electrons. The molecule has 0 spiro atoms. The summed E-state index contributed by atoms with van der Waals surface area (Å²) in [4.78, 5) is 13.7. The van der Waals surface area contributed by atoms with Gasteiger partial charge in [0.15, 0.2) is 11.5 Å². The number of fused-ring (bicyclic) bond motifs is 1. The molecule has 1 aliphatic heterocycles. The monoisotopic (exact) mass is 430 g/mol. The van der Waals surface area contributed by atoms with Crippen molar-refractivity contribution in [3.63, 3.8) is 0 Å². The number of ether oxygens (including phenoxy) is 2. The molecule has 1 aliphatic rings. The Kier molecular flexibility index (Phi) is 6.80. The van der Waals surface area contributed by atoms with Gasteiger partial charge in [-0.3, -0.25) is 0 Å². The molecule has 3 rings (SSSR count).